The van der Waals surface area contributed by atoms with E-state index in [0.717, 1.165) is 0 Å². The summed E-state index contributed by atoms with van der Waals surface area (Å²) in [5.41, 5.74) is 0.177. The minimum atomic E-state index is -1.12. The molecule has 1 heterocycles. The van der Waals surface area contributed by atoms with Gasteiger partial charge in [-0.3, -0.25) is 0 Å². The van der Waals surface area contributed by atoms with Crippen LogP contribution in [0.3, 0.4) is 0 Å². The van der Waals surface area contributed by atoms with Crippen LogP contribution in [-0.2, 0) is 0 Å². The van der Waals surface area contributed by atoms with Crippen molar-refractivity contribution in [2.45, 2.75) is 0 Å². The predicted molar refractivity (Wildman–Crippen MR) is 68.1 cm³/mol. The molecule has 1 aromatic heterocycles. The van der Waals surface area contributed by atoms with Gasteiger partial charge >= 0.3 is 5.97 Å². The van der Waals surface area contributed by atoms with E-state index in [1.54, 1.807) is 6.07 Å². The van der Waals surface area contributed by atoms with Crippen LogP contribution in [0.4, 0.5) is 4.39 Å². The number of carbonyl (C=O) groups is 1. The lowest BCUT2D eigenvalue weighted by molar-refractivity contribution is 0.0688. The zero-order valence-electron chi connectivity index (χ0n) is 8.32. The van der Waals surface area contributed by atoms with E-state index >= 15 is 0 Å². The zero-order valence-corrected chi connectivity index (χ0v) is 11.5. The Bertz CT molecular complexity index is 595. The van der Waals surface area contributed by atoms with Gasteiger partial charge < -0.3 is 9.67 Å². The molecule has 88 valence electrons. The van der Waals surface area contributed by atoms with E-state index in [4.69, 9.17) is 5.11 Å². The Morgan fingerprint density at radius 3 is 2.59 bits per heavy atom. The van der Waals surface area contributed by atoms with Crippen molar-refractivity contribution in [3.8, 4) is 5.69 Å². The molecule has 0 spiro atoms. The van der Waals surface area contributed by atoms with Crippen LogP contribution in [0.2, 0.25) is 0 Å². The molecule has 2 aromatic rings. The Morgan fingerprint density at radius 1 is 1.24 bits per heavy atom. The Morgan fingerprint density at radius 2 is 1.94 bits per heavy atom. The summed E-state index contributed by atoms with van der Waals surface area (Å²) in [4.78, 5) is 11.0. The summed E-state index contributed by atoms with van der Waals surface area (Å²) in [6.45, 7) is 0. The first-order chi connectivity index (χ1) is 7.99. The molecule has 3 nitrogen and oxygen atoms in total. The first-order valence-electron chi connectivity index (χ1n) is 4.55. The van der Waals surface area contributed by atoms with Crippen molar-refractivity contribution in [1.29, 1.82) is 0 Å². The number of hydrogen-bond donors (Lipinski definition) is 1. The molecule has 0 unspecified atom stereocenters. The maximum Gasteiger partial charge on any atom is 0.352 e. The molecular formula is C11H6Br2FNO2. The normalized spacial score (nSPS) is 10.5. The van der Waals surface area contributed by atoms with E-state index in [2.05, 4.69) is 31.9 Å². The molecule has 0 aliphatic heterocycles. The molecule has 0 bridgehead atoms. The van der Waals surface area contributed by atoms with E-state index < -0.39 is 11.8 Å². The quantitative estimate of drug-likeness (QED) is 0.881. The molecule has 0 saturated heterocycles. The first-order valence-corrected chi connectivity index (χ1v) is 6.14. The number of aromatic carboxylic acids is 1. The minimum absolute atomic E-state index is 0.00567. The third-order valence-corrected chi connectivity index (χ3v) is 3.10. The summed E-state index contributed by atoms with van der Waals surface area (Å²) in [6.07, 6.45) is 1.51. The van der Waals surface area contributed by atoms with E-state index in [1.165, 1.54) is 29.0 Å². The molecule has 17 heavy (non-hydrogen) atoms. The van der Waals surface area contributed by atoms with Crippen molar-refractivity contribution in [2.75, 3.05) is 0 Å². The van der Waals surface area contributed by atoms with E-state index in [-0.39, 0.29) is 11.4 Å². The molecule has 0 aliphatic rings. The van der Waals surface area contributed by atoms with Gasteiger partial charge in [-0.05, 0) is 40.2 Å². The van der Waals surface area contributed by atoms with Gasteiger partial charge in [0.25, 0.3) is 0 Å². The van der Waals surface area contributed by atoms with Crippen LogP contribution in [0.1, 0.15) is 10.5 Å². The lowest BCUT2D eigenvalue weighted by atomic mass is 10.3. The predicted octanol–water partition coefficient (Wildman–Crippen LogP) is 3.84. The van der Waals surface area contributed by atoms with Gasteiger partial charge in [0.2, 0.25) is 0 Å². The number of nitrogens with zero attached hydrogens (tertiary/aromatic N) is 1. The van der Waals surface area contributed by atoms with E-state index in [9.17, 15) is 9.18 Å². The first kappa shape index (κ1) is 12.3. The molecule has 1 aromatic carbocycles. The average Bonchev–Trinajstić information content (AvgIpc) is 2.64. The number of halogens is 3. The van der Waals surface area contributed by atoms with Crippen LogP contribution in [0.15, 0.2) is 39.4 Å². The van der Waals surface area contributed by atoms with Crippen LogP contribution < -0.4 is 0 Å². The van der Waals surface area contributed by atoms with Gasteiger partial charge in [-0.25, -0.2) is 9.18 Å². The Kier molecular flexibility index (Phi) is 3.35. The highest BCUT2D eigenvalue weighted by atomic mass is 79.9. The molecule has 1 N–H and O–H groups in total. The van der Waals surface area contributed by atoms with Crippen molar-refractivity contribution in [1.82, 2.24) is 4.57 Å². The Hall–Kier alpha value is -1.14. The van der Waals surface area contributed by atoms with E-state index in [0.29, 0.717) is 8.95 Å². The van der Waals surface area contributed by atoms with Crippen molar-refractivity contribution >= 4 is 37.8 Å². The topological polar surface area (TPSA) is 42.2 Å². The summed E-state index contributed by atoms with van der Waals surface area (Å²) in [7, 11) is 0. The molecule has 0 amide bonds. The maximum atomic E-state index is 13.7. The number of carboxylic acids is 1. The van der Waals surface area contributed by atoms with Crippen LogP contribution in [0.5, 0.6) is 0 Å². The van der Waals surface area contributed by atoms with Gasteiger partial charge in [0, 0.05) is 15.1 Å². The lowest BCUT2D eigenvalue weighted by Gasteiger charge is -2.07. The molecule has 0 fully saturated rings. The molecular weight excluding hydrogens is 357 g/mol. The molecule has 0 radical (unpaired) electrons. The fraction of sp³-hybridized carbons (Fsp3) is 0. The summed E-state index contributed by atoms with van der Waals surface area (Å²) in [6, 6.07) is 5.77. The number of benzene rings is 1. The molecule has 2 rings (SSSR count). The maximum absolute atomic E-state index is 13.7. The van der Waals surface area contributed by atoms with Crippen LogP contribution >= 0.6 is 31.9 Å². The highest BCUT2D eigenvalue weighted by molar-refractivity contribution is 9.10. The van der Waals surface area contributed by atoms with Crippen molar-refractivity contribution in [3.05, 3.63) is 50.9 Å². The Balaban J connectivity index is 2.67. The van der Waals surface area contributed by atoms with Crippen LogP contribution in [0, 0.1) is 5.82 Å². The summed E-state index contributed by atoms with van der Waals surface area (Å²) < 4.78 is 16.2. The van der Waals surface area contributed by atoms with Crippen molar-refractivity contribution < 1.29 is 14.3 Å². The second-order valence-electron chi connectivity index (χ2n) is 3.31. The number of hydrogen-bond acceptors (Lipinski definition) is 1. The standard InChI is InChI=1S/C11H6Br2FNO2/c12-6-1-2-8(14)9(3-6)15-5-7(13)4-10(15)11(16)17/h1-5H,(H,16,17). The molecule has 0 atom stereocenters. The zero-order chi connectivity index (χ0) is 12.6. The Labute approximate surface area is 113 Å². The SMILES string of the molecule is O=C(O)c1cc(Br)cn1-c1cc(Br)ccc1F. The van der Waals surface area contributed by atoms with Gasteiger partial charge in [-0.1, -0.05) is 15.9 Å². The van der Waals surface area contributed by atoms with Gasteiger partial charge in [0.05, 0.1) is 5.69 Å². The van der Waals surface area contributed by atoms with Crippen LogP contribution in [-0.4, -0.2) is 15.6 Å². The fourth-order valence-electron chi connectivity index (χ4n) is 1.46. The number of rotatable bonds is 2. The van der Waals surface area contributed by atoms with Crippen molar-refractivity contribution in [3.63, 3.8) is 0 Å². The third-order valence-electron chi connectivity index (χ3n) is 2.17. The second-order valence-corrected chi connectivity index (χ2v) is 5.15. The molecule has 0 aliphatic carbocycles. The summed E-state index contributed by atoms with van der Waals surface area (Å²) >= 11 is 6.40. The van der Waals surface area contributed by atoms with Gasteiger partial charge in [-0.2, -0.15) is 0 Å². The second kappa shape index (κ2) is 4.62. The summed E-state index contributed by atoms with van der Waals surface area (Å²) in [5.74, 6) is -1.60. The van der Waals surface area contributed by atoms with Gasteiger partial charge in [-0.15, -0.1) is 0 Å². The lowest BCUT2D eigenvalue weighted by Crippen LogP contribution is -2.07. The highest BCUT2D eigenvalue weighted by Crippen LogP contribution is 2.24. The third kappa shape index (κ3) is 2.42. The smallest absolute Gasteiger partial charge is 0.352 e. The van der Waals surface area contributed by atoms with Gasteiger partial charge in [0.15, 0.2) is 0 Å². The minimum Gasteiger partial charge on any atom is -0.477 e. The molecule has 0 saturated carbocycles. The number of carboxylic acid groups (broad SMARTS) is 1. The average molecular weight is 363 g/mol. The number of aromatic nitrogens is 1. The van der Waals surface area contributed by atoms with E-state index in [1.807, 2.05) is 0 Å². The summed E-state index contributed by atoms with van der Waals surface area (Å²) in [5, 5.41) is 9.02. The van der Waals surface area contributed by atoms with Crippen LogP contribution in [0.25, 0.3) is 5.69 Å². The van der Waals surface area contributed by atoms with Crippen molar-refractivity contribution in [2.24, 2.45) is 0 Å². The fourth-order valence-corrected chi connectivity index (χ4v) is 2.24. The monoisotopic (exact) mass is 361 g/mol. The highest BCUT2D eigenvalue weighted by Gasteiger charge is 2.15. The van der Waals surface area contributed by atoms with Gasteiger partial charge in [0.1, 0.15) is 11.5 Å². The largest absolute Gasteiger partial charge is 0.477 e. The molecule has 6 heteroatoms.